The van der Waals surface area contributed by atoms with Crippen molar-refractivity contribution >= 4 is 28.8 Å². The highest BCUT2D eigenvalue weighted by Gasteiger charge is 2.31. The Kier molecular flexibility index (Phi) is 7.47. The number of aromatic nitrogens is 2. The Morgan fingerprint density at radius 2 is 2.03 bits per heavy atom. The summed E-state index contributed by atoms with van der Waals surface area (Å²) in [5.74, 6) is -1.13. The molecule has 1 aromatic carbocycles. The fourth-order valence-electron chi connectivity index (χ4n) is 4.01. The summed E-state index contributed by atoms with van der Waals surface area (Å²) in [5, 5.41) is 2.31. The van der Waals surface area contributed by atoms with Crippen LogP contribution in [0.5, 0.6) is 0 Å². The molecule has 1 aromatic heterocycles. The first-order valence-corrected chi connectivity index (χ1v) is 10.9. The molecule has 0 saturated carbocycles. The molecule has 2 aromatic rings. The molecule has 0 bridgehead atoms. The normalized spacial score (nSPS) is 18.5. The van der Waals surface area contributed by atoms with Gasteiger partial charge in [0.2, 0.25) is 17.7 Å². The summed E-state index contributed by atoms with van der Waals surface area (Å²) in [4.78, 5) is 47.4. The van der Waals surface area contributed by atoms with Gasteiger partial charge < -0.3 is 16.2 Å². The maximum absolute atomic E-state index is 12.8. The van der Waals surface area contributed by atoms with E-state index in [9.17, 15) is 19.2 Å². The Labute approximate surface area is 185 Å². The number of benzene rings is 1. The molecule has 1 saturated heterocycles. The van der Waals surface area contributed by atoms with Crippen molar-refractivity contribution in [3.63, 3.8) is 0 Å². The number of nitrogens with zero attached hydrogens (tertiary/aromatic N) is 2. The number of ether oxygens (including phenoxy) is 1. The van der Waals surface area contributed by atoms with E-state index < -0.39 is 11.9 Å². The number of nitrogens with two attached hydrogens (primary N) is 2. The molecule has 10 nitrogen and oxygen atoms in total. The smallest absolute Gasteiger partial charge is 0.329 e. The van der Waals surface area contributed by atoms with Gasteiger partial charge >= 0.3 is 5.69 Å². The number of piperidine rings is 1. The van der Waals surface area contributed by atoms with Crippen LogP contribution in [0.15, 0.2) is 23.0 Å². The van der Waals surface area contributed by atoms with E-state index in [1.807, 2.05) is 25.1 Å². The van der Waals surface area contributed by atoms with E-state index in [1.165, 1.54) is 9.13 Å². The highest BCUT2D eigenvalue weighted by Crippen LogP contribution is 2.24. The second kappa shape index (κ2) is 10.1. The first-order chi connectivity index (χ1) is 15.2. The summed E-state index contributed by atoms with van der Waals surface area (Å²) in [6, 6.07) is 4.79. The third-order valence-corrected chi connectivity index (χ3v) is 5.99. The second-order valence-corrected chi connectivity index (χ2v) is 8.35. The van der Waals surface area contributed by atoms with E-state index in [2.05, 4.69) is 5.32 Å². The van der Waals surface area contributed by atoms with E-state index >= 15 is 0 Å². The molecule has 1 fully saturated rings. The number of carbonyl (C=O) groups is 3. The molecule has 0 aliphatic carbocycles. The lowest BCUT2D eigenvalue weighted by Gasteiger charge is -2.22. The van der Waals surface area contributed by atoms with E-state index in [0.717, 1.165) is 23.9 Å². The summed E-state index contributed by atoms with van der Waals surface area (Å²) >= 11 is 0. The maximum Gasteiger partial charge on any atom is 0.329 e. The van der Waals surface area contributed by atoms with Crippen LogP contribution >= 0.6 is 0 Å². The molecular formula is C22H31N5O5. The number of hydrogen-bond donors (Lipinski definition) is 3. The minimum Gasteiger partial charge on any atom is -0.377 e. The van der Waals surface area contributed by atoms with Gasteiger partial charge in [0.05, 0.1) is 17.1 Å². The Morgan fingerprint density at radius 1 is 1.28 bits per heavy atom. The molecule has 10 heteroatoms. The Hall–Kier alpha value is -2.98. The molecule has 1 aliphatic rings. The molecule has 174 valence electrons. The van der Waals surface area contributed by atoms with Crippen molar-refractivity contribution in [1.82, 2.24) is 14.5 Å². The summed E-state index contributed by atoms with van der Waals surface area (Å²) in [5.41, 5.74) is 13.3. The van der Waals surface area contributed by atoms with Crippen LogP contribution in [0.2, 0.25) is 0 Å². The number of rotatable bonds is 10. The van der Waals surface area contributed by atoms with Crippen molar-refractivity contribution in [2.75, 3.05) is 6.61 Å². The summed E-state index contributed by atoms with van der Waals surface area (Å²) in [6.07, 6.45) is 2.58. The van der Waals surface area contributed by atoms with Gasteiger partial charge in [0.15, 0.2) is 0 Å². The largest absolute Gasteiger partial charge is 0.377 e. The molecule has 0 spiro atoms. The number of imide groups is 1. The van der Waals surface area contributed by atoms with Gasteiger partial charge in [0.1, 0.15) is 6.04 Å². The Morgan fingerprint density at radius 3 is 2.72 bits per heavy atom. The topological polar surface area (TPSA) is 151 Å². The van der Waals surface area contributed by atoms with Crippen LogP contribution in [0.3, 0.4) is 0 Å². The van der Waals surface area contributed by atoms with Gasteiger partial charge in [-0.25, -0.2) is 4.79 Å². The zero-order valence-corrected chi connectivity index (χ0v) is 18.5. The number of fused-ring (bicyclic) bond motifs is 1. The van der Waals surface area contributed by atoms with Gasteiger partial charge in [-0.1, -0.05) is 6.07 Å². The van der Waals surface area contributed by atoms with Gasteiger partial charge in [-0.15, -0.1) is 0 Å². The standard InChI is InChI=1S/C22H31N5O5/c1-13(15(23)6-9-19(24)28)32-11-3-4-14-5-7-16-18(12-14)26(2)22(31)27(16)17-8-10-20(29)25-21(17)30/h5,7,12-13,15,17H,3-4,6,8-11,23H2,1-2H3,(H2,24,28)(H,25,29,30)/t13-,15+,17?/m1/s1. The first kappa shape index (κ1) is 23.7. The van der Waals surface area contributed by atoms with Crippen molar-refractivity contribution in [1.29, 1.82) is 0 Å². The van der Waals surface area contributed by atoms with E-state index in [-0.39, 0.29) is 42.5 Å². The summed E-state index contributed by atoms with van der Waals surface area (Å²) in [7, 11) is 1.68. The predicted molar refractivity (Wildman–Crippen MR) is 119 cm³/mol. The molecule has 3 atom stereocenters. The number of imidazole rings is 1. The third kappa shape index (κ3) is 5.25. The zero-order valence-electron chi connectivity index (χ0n) is 18.5. The molecule has 0 radical (unpaired) electrons. The molecule has 5 N–H and O–H groups in total. The second-order valence-electron chi connectivity index (χ2n) is 8.35. The van der Waals surface area contributed by atoms with Crippen LogP contribution in [-0.2, 0) is 32.6 Å². The van der Waals surface area contributed by atoms with Gasteiger partial charge in [-0.3, -0.25) is 28.8 Å². The van der Waals surface area contributed by atoms with Crippen molar-refractivity contribution in [2.24, 2.45) is 18.5 Å². The number of amides is 3. The minimum atomic E-state index is -0.691. The summed E-state index contributed by atoms with van der Waals surface area (Å²) in [6.45, 7) is 2.39. The SMILES string of the molecule is C[C@@H](OCCCc1ccc2c(c1)n(C)c(=O)n2C1CCC(=O)NC1=O)[C@@H](N)CCC(N)=O. The molecule has 3 rings (SSSR count). The summed E-state index contributed by atoms with van der Waals surface area (Å²) < 4.78 is 8.78. The average Bonchev–Trinajstić information content (AvgIpc) is 2.99. The zero-order chi connectivity index (χ0) is 23.4. The van der Waals surface area contributed by atoms with Gasteiger partial charge in [0, 0.05) is 32.5 Å². The van der Waals surface area contributed by atoms with E-state index in [4.69, 9.17) is 16.2 Å². The quantitative estimate of drug-likeness (QED) is 0.352. The number of primary amides is 1. The molecular weight excluding hydrogens is 414 g/mol. The first-order valence-electron chi connectivity index (χ1n) is 10.9. The Balaban J connectivity index is 1.63. The van der Waals surface area contributed by atoms with Gasteiger partial charge in [-0.05, 0) is 50.3 Å². The molecule has 2 heterocycles. The molecule has 32 heavy (non-hydrogen) atoms. The van der Waals surface area contributed by atoms with E-state index in [1.54, 1.807) is 7.05 Å². The number of aryl methyl sites for hydroxylation is 2. The van der Waals surface area contributed by atoms with Crippen LogP contribution in [0.1, 0.15) is 50.6 Å². The molecule has 1 aliphatic heterocycles. The molecule has 1 unspecified atom stereocenters. The fourth-order valence-corrected chi connectivity index (χ4v) is 4.01. The lowest BCUT2D eigenvalue weighted by Crippen LogP contribution is -2.44. The van der Waals surface area contributed by atoms with Crippen LogP contribution in [0.25, 0.3) is 11.0 Å². The van der Waals surface area contributed by atoms with Crippen molar-refractivity contribution in [3.8, 4) is 0 Å². The monoisotopic (exact) mass is 445 g/mol. The van der Waals surface area contributed by atoms with Gasteiger partial charge in [-0.2, -0.15) is 0 Å². The van der Waals surface area contributed by atoms with Crippen LogP contribution in [0.4, 0.5) is 0 Å². The average molecular weight is 446 g/mol. The van der Waals surface area contributed by atoms with E-state index in [0.29, 0.717) is 25.0 Å². The third-order valence-electron chi connectivity index (χ3n) is 5.99. The number of nitrogens with one attached hydrogen (secondary N) is 1. The number of hydrogen-bond acceptors (Lipinski definition) is 6. The fraction of sp³-hybridized carbons (Fsp3) is 0.545. The van der Waals surface area contributed by atoms with Crippen molar-refractivity contribution in [3.05, 3.63) is 34.2 Å². The van der Waals surface area contributed by atoms with Crippen LogP contribution in [-0.4, -0.2) is 45.6 Å². The van der Waals surface area contributed by atoms with Crippen LogP contribution < -0.4 is 22.5 Å². The highest BCUT2D eigenvalue weighted by molar-refractivity contribution is 6.00. The van der Waals surface area contributed by atoms with Crippen molar-refractivity contribution in [2.45, 2.75) is 63.6 Å². The maximum atomic E-state index is 12.8. The highest BCUT2D eigenvalue weighted by atomic mass is 16.5. The predicted octanol–water partition coefficient (Wildman–Crippen LogP) is 0.248. The van der Waals surface area contributed by atoms with Gasteiger partial charge in [0.25, 0.3) is 0 Å². The lowest BCUT2D eigenvalue weighted by atomic mass is 10.1. The van der Waals surface area contributed by atoms with Crippen LogP contribution in [0, 0.1) is 0 Å². The molecule has 3 amide bonds. The lowest BCUT2D eigenvalue weighted by molar-refractivity contribution is -0.135. The Bertz CT molecular complexity index is 1070. The minimum absolute atomic E-state index is 0.180. The number of carbonyl (C=O) groups excluding carboxylic acids is 3. The van der Waals surface area contributed by atoms with Crippen molar-refractivity contribution < 1.29 is 19.1 Å².